The van der Waals surface area contributed by atoms with E-state index in [1.54, 1.807) is 0 Å². The summed E-state index contributed by atoms with van der Waals surface area (Å²) in [5.74, 6) is 2.88. The van der Waals surface area contributed by atoms with Gasteiger partial charge in [0, 0.05) is 41.5 Å². The Bertz CT molecular complexity index is 681. The van der Waals surface area contributed by atoms with E-state index < -0.39 is 0 Å². The maximum atomic E-state index is 6.07. The van der Waals surface area contributed by atoms with Crippen LogP contribution in [0.15, 0.2) is 27.9 Å². The number of aliphatic imine (C=N–C) groups is 1. The zero-order valence-electron chi connectivity index (χ0n) is 12.3. The van der Waals surface area contributed by atoms with Crippen molar-refractivity contribution in [3.63, 3.8) is 0 Å². The smallest absolute Gasteiger partial charge is 0.191 e. The van der Waals surface area contributed by atoms with Gasteiger partial charge in [0.1, 0.15) is 5.65 Å². The zero-order chi connectivity index (χ0) is 14.8. The molecule has 1 aliphatic heterocycles. The molecule has 0 amide bonds. The Balaban J connectivity index is 0.00000176. The Morgan fingerprint density at radius 1 is 1.41 bits per heavy atom. The monoisotopic (exact) mass is 495 g/mol. The summed E-state index contributed by atoms with van der Waals surface area (Å²) < 4.78 is 3.07. The zero-order valence-corrected chi connectivity index (χ0v) is 17.1. The molecule has 0 aromatic carbocycles. The van der Waals surface area contributed by atoms with E-state index >= 15 is 0 Å². The maximum Gasteiger partial charge on any atom is 0.191 e. The minimum Gasteiger partial charge on any atom is -0.370 e. The third kappa shape index (κ3) is 4.08. The van der Waals surface area contributed by atoms with Gasteiger partial charge in [-0.05, 0) is 34.5 Å². The van der Waals surface area contributed by atoms with E-state index in [0.29, 0.717) is 12.5 Å². The van der Waals surface area contributed by atoms with E-state index in [9.17, 15) is 0 Å². The summed E-state index contributed by atoms with van der Waals surface area (Å²) in [6, 6.07) is 2.06. The Morgan fingerprint density at radius 3 is 2.86 bits per heavy atom. The molecule has 0 aliphatic carbocycles. The first-order chi connectivity index (χ1) is 10.1. The lowest BCUT2D eigenvalue weighted by atomic mass is 10.3. The van der Waals surface area contributed by atoms with Gasteiger partial charge >= 0.3 is 0 Å². The van der Waals surface area contributed by atoms with Crippen LogP contribution in [0.5, 0.6) is 0 Å². The molecule has 0 radical (unpaired) electrons. The Morgan fingerprint density at radius 2 is 2.14 bits per heavy atom. The Hall–Kier alpha value is -0.480. The highest BCUT2D eigenvalue weighted by atomic mass is 127. The van der Waals surface area contributed by atoms with Gasteiger partial charge in [0.25, 0.3) is 0 Å². The predicted octanol–water partition coefficient (Wildman–Crippen LogP) is 2.89. The largest absolute Gasteiger partial charge is 0.370 e. The summed E-state index contributed by atoms with van der Waals surface area (Å²) in [5, 5.41) is 0. The number of nitrogens with zero attached hydrogens (tertiary/aromatic N) is 4. The summed E-state index contributed by atoms with van der Waals surface area (Å²) in [7, 11) is 0. The molecule has 3 rings (SSSR count). The predicted molar refractivity (Wildman–Crippen MR) is 107 cm³/mol. The molecule has 2 aromatic rings. The average molecular weight is 496 g/mol. The first kappa shape index (κ1) is 17.9. The van der Waals surface area contributed by atoms with Crippen molar-refractivity contribution < 1.29 is 0 Å². The number of guanidine groups is 1. The van der Waals surface area contributed by atoms with Crippen LogP contribution >= 0.6 is 51.7 Å². The average Bonchev–Trinajstić information content (AvgIpc) is 2.89. The van der Waals surface area contributed by atoms with Crippen molar-refractivity contribution in [3.05, 3.63) is 34.2 Å². The van der Waals surface area contributed by atoms with Gasteiger partial charge in [-0.1, -0.05) is 0 Å². The molecule has 1 saturated heterocycles. The molecule has 22 heavy (non-hydrogen) atoms. The number of halogens is 2. The van der Waals surface area contributed by atoms with Crippen LogP contribution in [0.4, 0.5) is 0 Å². The number of hydrogen-bond donors (Lipinski definition) is 1. The fraction of sp³-hybridized carbons (Fsp3) is 0.429. The number of hydrogen-bond acceptors (Lipinski definition) is 3. The maximum absolute atomic E-state index is 6.07. The molecule has 0 atom stereocenters. The standard InChI is InChI=1S/C14H18BrN5S.HI/c1-10-6-11(15)8-20-9-12(18-13(10)20)7-17-14(16)19-2-4-21-5-3-19;/h6,8-9H,2-5,7H2,1H3,(H2,16,17);1H. The van der Waals surface area contributed by atoms with Crippen LogP contribution in [-0.4, -0.2) is 44.8 Å². The number of imidazole rings is 1. The Labute approximate surface area is 159 Å². The molecule has 0 bridgehead atoms. The first-order valence-electron chi connectivity index (χ1n) is 6.90. The molecule has 1 aliphatic rings. The van der Waals surface area contributed by atoms with Gasteiger partial charge in [-0.15, -0.1) is 24.0 Å². The van der Waals surface area contributed by atoms with E-state index in [1.807, 2.05) is 28.6 Å². The molecule has 0 spiro atoms. The number of aromatic nitrogens is 2. The van der Waals surface area contributed by atoms with Crippen LogP contribution in [0.3, 0.4) is 0 Å². The van der Waals surface area contributed by atoms with E-state index in [-0.39, 0.29) is 24.0 Å². The molecule has 8 heteroatoms. The summed E-state index contributed by atoms with van der Waals surface area (Å²) in [5.41, 5.74) is 9.11. The van der Waals surface area contributed by atoms with E-state index in [2.05, 4.69) is 43.8 Å². The van der Waals surface area contributed by atoms with Gasteiger partial charge in [0.2, 0.25) is 0 Å². The van der Waals surface area contributed by atoms with Gasteiger partial charge in [-0.2, -0.15) is 11.8 Å². The molecule has 1 fully saturated rings. The fourth-order valence-corrected chi connectivity index (χ4v) is 3.87. The molecule has 120 valence electrons. The van der Waals surface area contributed by atoms with E-state index in [0.717, 1.165) is 46.0 Å². The number of rotatable bonds is 2. The summed E-state index contributed by atoms with van der Waals surface area (Å²) in [4.78, 5) is 11.3. The molecule has 2 N–H and O–H groups in total. The topological polar surface area (TPSA) is 58.9 Å². The molecule has 5 nitrogen and oxygen atoms in total. The second-order valence-electron chi connectivity index (χ2n) is 5.08. The highest BCUT2D eigenvalue weighted by molar-refractivity contribution is 14.0. The quantitative estimate of drug-likeness (QED) is 0.395. The lowest BCUT2D eigenvalue weighted by Gasteiger charge is -2.27. The number of nitrogens with two attached hydrogens (primary N) is 1. The first-order valence-corrected chi connectivity index (χ1v) is 8.84. The van der Waals surface area contributed by atoms with Crippen molar-refractivity contribution in [3.8, 4) is 0 Å². The summed E-state index contributed by atoms with van der Waals surface area (Å²) in [6.45, 7) is 4.54. The van der Waals surface area contributed by atoms with Crippen LogP contribution in [0.25, 0.3) is 5.65 Å². The van der Waals surface area contributed by atoms with Crippen molar-refractivity contribution in [1.29, 1.82) is 0 Å². The second kappa shape index (κ2) is 7.87. The second-order valence-corrected chi connectivity index (χ2v) is 7.22. The summed E-state index contributed by atoms with van der Waals surface area (Å²) in [6.07, 6.45) is 4.02. The highest BCUT2D eigenvalue weighted by Gasteiger charge is 2.12. The summed E-state index contributed by atoms with van der Waals surface area (Å²) >= 11 is 5.47. The van der Waals surface area contributed by atoms with Gasteiger partial charge in [0.05, 0.1) is 12.2 Å². The third-order valence-electron chi connectivity index (χ3n) is 3.49. The van der Waals surface area contributed by atoms with E-state index in [1.165, 1.54) is 0 Å². The molecule has 0 saturated carbocycles. The molecule has 3 heterocycles. The van der Waals surface area contributed by atoms with E-state index in [4.69, 9.17) is 5.73 Å². The lowest BCUT2D eigenvalue weighted by Crippen LogP contribution is -2.42. The van der Waals surface area contributed by atoms with Crippen LogP contribution in [-0.2, 0) is 6.54 Å². The molecular weight excluding hydrogens is 477 g/mol. The number of aryl methyl sites for hydroxylation is 1. The number of fused-ring (bicyclic) bond motifs is 1. The highest BCUT2D eigenvalue weighted by Crippen LogP contribution is 2.17. The number of pyridine rings is 1. The van der Waals surface area contributed by atoms with Gasteiger partial charge in [-0.25, -0.2) is 9.98 Å². The van der Waals surface area contributed by atoms with Crippen LogP contribution in [0.2, 0.25) is 0 Å². The Kier molecular flexibility index (Phi) is 6.39. The normalized spacial score (nSPS) is 15.9. The van der Waals surface area contributed by atoms with Crippen molar-refractivity contribution in [1.82, 2.24) is 14.3 Å². The third-order valence-corrected chi connectivity index (χ3v) is 4.87. The van der Waals surface area contributed by atoms with Crippen molar-refractivity contribution in [2.75, 3.05) is 24.6 Å². The van der Waals surface area contributed by atoms with Crippen molar-refractivity contribution in [2.24, 2.45) is 10.7 Å². The number of thioether (sulfide) groups is 1. The van der Waals surface area contributed by atoms with Crippen LogP contribution < -0.4 is 5.73 Å². The molecular formula is C14H19BrIN5S. The van der Waals surface area contributed by atoms with Crippen LogP contribution in [0.1, 0.15) is 11.3 Å². The molecule has 0 unspecified atom stereocenters. The minimum absolute atomic E-state index is 0. The minimum atomic E-state index is 0. The van der Waals surface area contributed by atoms with Gasteiger partial charge in [-0.3, -0.25) is 0 Å². The fourth-order valence-electron chi connectivity index (χ4n) is 2.41. The van der Waals surface area contributed by atoms with Crippen LogP contribution in [0, 0.1) is 6.92 Å². The van der Waals surface area contributed by atoms with Gasteiger partial charge < -0.3 is 15.0 Å². The van der Waals surface area contributed by atoms with Crippen molar-refractivity contribution >= 4 is 63.3 Å². The molecule has 2 aromatic heterocycles. The van der Waals surface area contributed by atoms with Gasteiger partial charge in [0.15, 0.2) is 5.96 Å². The van der Waals surface area contributed by atoms with Crippen molar-refractivity contribution in [2.45, 2.75) is 13.5 Å². The SMILES string of the molecule is Cc1cc(Br)cn2cc(CN=C(N)N3CCSCC3)nc12.I. The lowest BCUT2D eigenvalue weighted by molar-refractivity contribution is 0.455.